The van der Waals surface area contributed by atoms with Crippen LogP contribution < -0.4 is 0 Å². The second-order valence-electron chi connectivity index (χ2n) is 2.99. The lowest BCUT2D eigenvalue weighted by Crippen LogP contribution is -1.97. The molecule has 0 atom stereocenters. The van der Waals surface area contributed by atoms with Gasteiger partial charge in [-0.15, -0.1) is 0 Å². The molecule has 3 heteroatoms. The highest BCUT2D eigenvalue weighted by atomic mass is 79.9. The number of hydrogen-bond acceptors (Lipinski definition) is 1. The number of halogens is 2. The lowest BCUT2D eigenvalue weighted by Gasteiger charge is -2.04. The number of pyridine rings is 1. The number of rotatable bonds is 4. The van der Waals surface area contributed by atoms with Crippen LogP contribution in [0, 0.1) is 6.92 Å². The van der Waals surface area contributed by atoms with Gasteiger partial charge in [0.2, 0.25) is 0 Å². The van der Waals surface area contributed by atoms with Crippen LogP contribution in [-0.2, 0) is 12.8 Å². The topological polar surface area (TPSA) is 12.9 Å². The summed E-state index contributed by atoms with van der Waals surface area (Å²) >= 11 is 6.87. The molecule has 0 aromatic carbocycles. The number of alkyl halides is 2. The van der Waals surface area contributed by atoms with Gasteiger partial charge in [-0.25, -0.2) is 0 Å². The van der Waals surface area contributed by atoms with Crippen molar-refractivity contribution < 1.29 is 0 Å². The molecule has 1 rings (SSSR count). The van der Waals surface area contributed by atoms with E-state index in [9.17, 15) is 0 Å². The van der Waals surface area contributed by atoms with E-state index in [1.807, 2.05) is 0 Å². The highest BCUT2D eigenvalue weighted by Gasteiger charge is 1.99. The third-order valence-electron chi connectivity index (χ3n) is 1.80. The molecule has 1 nitrogen and oxygen atoms in total. The minimum Gasteiger partial charge on any atom is -0.258 e. The zero-order chi connectivity index (χ0) is 9.68. The Kier molecular flexibility index (Phi) is 4.96. The quantitative estimate of drug-likeness (QED) is 0.778. The molecule has 0 spiro atoms. The fourth-order valence-electron chi connectivity index (χ4n) is 1.29. The molecular weight excluding hydrogens is 294 g/mol. The van der Waals surface area contributed by atoms with E-state index in [-0.39, 0.29) is 0 Å². The molecule has 0 fully saturated rings. The monoisotopic (exact) mass is 305 g/mol. The van der Waals surface area contributed by atoms with E-state index in [0.717, 1.165) is 29.2 Å². The van der Waals surface area contributed by atoms with Crippen LogP contribution in [0.1, 0.15) is 17.0 Å². The van der Waals surface area contributed by atoms with Crippen molar-refractivity contribution in [1.82, 2.24) is 4.98 Å². The fourth-order valence-corrected chi connectivity index (χ4v) is 2.16. The number of hydrogen-bond donors (Lipinski definition) is 0. The Morgan fingerprint density at radius 3 is 2.46 bits per heavy atom. The van der Waals surface area contributed by atoms with E-state index in [0.29, 0.717) is 0 Å². The first-order valence-corrected chi connectivity index (χ1v) is 6.59. The summed E-state index contributed by atoms with van der Waals surface area (Å²) in [6, 6.07) is 4.34. The molecule has 13 heavy (non-hydrogen) atoms. The SMILES string of the molecule is Cc1cc(CCBr)cc(CCBr)n1. The van der Waals surface area contributed by atoms with Crippen LogP contribution in [0.15, 0.2) is 12.1 Å². The number of aryl methyl sites for hydroxylation is 3. The summed E-state index contributed by atoms with van der Waals surface area (Å²) in [5.41, 5.74) is 3.68. The average Bonchev–Trinajstić information content (AvgIpc) is 2.04. The molecule has 0 unspecified atom stereocenters. The lowest BCUT2D eigenvalue weighted by molar-refractivity contribution is 0.992. The summed E-state index contributed by atoms with van der Waals surface area (Å²) in [5.74, 6) is 0. The van der Waals surface area contributed by atoms with Crippen LogP contribution in [0.25, 0.3) is 0 Å². The molecular formula is C10H13Br2N. The summed E-state index contributed by atoms with van der Waals surface area (Å²) < 4.78 is 0. The van der Waals surface area contributed by atoms with Crippen molar-refractivity contribution in [3.05, 3.63) is 29.1 Å². The van der Waals surface area contributed by atoms with Crippen molar-refractivity contribution in [2.45, 2.75) is 19.8 Å². The second kappa shape index (κ2) is 5.76. The second-order valence-corrected chi connectivity index (χ2v) is 4.57. The van der Waals surface area contributed by atoms with Crippen molar-refractivity contribution >= 4 is 31.9 Å². The molecule has 0 aliphatic rings. The van der Waals surface area contributed by atoms with Crippen LogP contribution in [0.4, 0.5) is 0 Å². The normalized spacial score (nSPS) is 10.4. The smallest absolute Gasteiger partial charge is 0.0417 e. The van der Waals surface area contributed by atoms with Gasteiger partial charge < -0.3 is 0 Å². The van der Waals surface area contributed by atoms with Crippen molar-refractivity contribution in [2.75, 3.05) is 10.7 Å². The molecule has 0 saturated heterocycles. The molecule has 0 amide bonds. The Morgan fingerprint density at radius 2 is 1.85 bits per heavy atom. The van der Waals surface area contributed by atoms with Gasteiger partial charge in [0, 0.05) is 22.0 Å². The fraction of sp³-hybridized carbons (Fsp3) is 0.500. The lowest BCUT2D eigenvalue weighted by atomic mass is 10.1. The first-order valence-electron chi connectivity index (χ1n) is 4.34. The first kappa shape index (κ1) is 11.2. The number of nitrogens with zero attached hydrogens (tertiary/aromatic N) is 1. The van der Waals surface area contributed by atoms with Gasteiger partial charge in [0.25, 0.3) is 0 Å². The molecule has 1 aromatic rings. The Hall–Kier alpha value is 0.110. The maximum atomic E-state index is 4.46. The molecule has 0 N–H and O–H groups in total. The Morgan fingerprint density at radius 1 is 1.15 bits per heavy atom. The van der Waals surface area contributed by atoms with Gasteiger partial charge in [0.1, 0.15) is 0 Å². The molecule has 0 aliphatic heterocycles. The Balaban J connectivity index is 2.83. The van der Waals surface area contributed by atoms with E-state index in [1.165, 1.54) is 11.3 Å². The van der Waals surface area contributed by atoms with Crippen LogP contribution >= 0.6 is 31.9 Å². The molecule has 0 aliphatic carbocycles. The molecule has 0 radical (unpaired) electrons. The summed E-state index contributed by atoms with van der Waals surface area (Å²) in [4.78, 5) is 4.46. The zero-order valence-corrected chi connectivity index (χ0v) is 10.9. The van der Waals surface area contributed by atoms with Gasteiger partial charge in [-0.2, -0.15) is 0 Å². The summed E-state index contributed by atoms with van der Waals surface area (Å²) in [7, 11) is 0. The number of aromatic nitrogens is 1. The molecule has 0 bridgehead atoms. The van der Waals surface area contributed by atoms with E-state index in [4.69, 9.17) is 0 Å². The van der Waals surface area contributed by atoms with Crippen LogP contribution in [0.2, 0.25) is 0 Å². The molecule has 72 valence electrons. The maximum absolute atomic E-state index is 4.46. The average molecular weight is 307 g/mol. The van der Waals surface area contributed by atoms with Crippen LogP contribution in [0.3, 0.4) is 0 Å². The predicted octanol–water partition coefficient (Wildman–Crippen LogP) is 3.26. The molecule has 1 aromatic heterocycles. The Labute approximate surface area is 96.2 Å². The van der Waals surface area contributed by atoms with Gasteiger partial charge in [-0.1, -0.05) is 31.9 Å². The van der Waals surface area contributed by atoms with Gasteiger partial charge in [-0.05, 0) is 37.5 Å². The Bertz CT molecular complexity index is 249. The summed E-state index contributed by atoms with van der Waals surface area (Å²) in [5, 5.41) is 2.00. The van der Waals surface area contributed by atoms with Crippen molar-refractivity contribution in [2.24, 2.45) is 0 Å². The van der Waals surface area contributed by atoms with Gasteiger partial charge >= 0.3 is 0 Å². The first-order chi connectivity index (χ1) is 6.26. The maximum Gasteiger partial charge on any atom is 0.0417 e. The third kappa shape index (κ3) is 3.77. The summed E-state index contributed by atoms with van der Waals surface area (Å²) in [6.45, 7) is 2.05. The minimum atomic E-state index is 0.983. The highest BCUT2D eigenvalue weighted by molar-refractivity contribution is 9.09. The van der Waals surface area contributed by atoms with Crippen LogP contribution in [-0.4, -0.2) is 15.6 Å². The molecule has 0 saturated carbocycles. The minimum absolute atomic E-state index is 0.983. The van der Waals surface area contributed by atoms with E-state index >= 15 is 0 Å². The van der Waals surface area contributed by atoms with E-state index < -0.39 is 0 Å². The third-order valence-corrected chi connectivity index (χ3v) is 2.59. The van der Waals surface area contributed by atoms with Gasteiger partial charge in [0.05, 0.1) is 0 Å². The largest absolute Gasteiger partial charge is 0.258 e. The standard InChI is InChI=1S/C10H13Br2N/c1-8-6-9(2-4-11)7-10(13-8)3-5-12/h6-7H,2-5H2,1H3. The van der Waals surface area contributed by atoms with Crippen molar-refractivity contribution in [3.63, 3.8) is 0 Å². The van der Waals surface area contributed by atoms with E-state index in [1.54, 1.807) is 0 Å². The summed E-state index contributed by atoms with van der Waals surface area (Å²) in [6.07, 6.45) is 2.09. The van der Waals surface area contributed by atoms with Gasteiger partial charge in [0.15, 0.2) is 0 Å². The molecule has 1 heterocycles. The highest BCUT2D eigenvalue weighted by Crippen LogP contribution is 2.09. The van der Waals surface area contributed by atoms with E-state index in [2.05, 4.69) is 55.9 Å². The predicted molar refractivity (Wildman–Crippen MR) is 64.0 cm³/mol. The van der Waals surface area contributed by atoms with Crippen molar-refractivity contribution in [3.8, 4) is 0 Å². The van der Waals surface area contributed by atoms with Gasteiger partial charge in [-0.3, -0.25) is 4.98 Å². The van der Waals surface area contributed by atoms with Crippen LogP contribution in [0.5, 0.6) is 0 Å². The van der Waals surface area contributed by atoms with Crippen molar-refractivity contribution in [1.29, 1.82) is 0 Å². The zero-order valence-electron chi connectivity index (χ0n) is 7.69.